The Morgan fingerprint density at radius 1 is 1.20 bits per heavy atom. The fourth-order valence-electron chi connectivity index (χ4n) is 2.31. The molecule has 1 aromatic heterocycles. The van der Waals surface area contributed by atoms with Crippen molar-refractivity contribution < 1.29 is 0 Å². The van der Waals surface area contributed by atoms with Crippen LogP contribution in [0.3, 0.4) is 0 Å². The molecule has 2 heterocycles. The Kier molecular flexibility index (Phi) is 2.71. The lowest BCUT2D eigenvalue weighted by atomic mass is 9.86. The molecule has 4 heteroatoms. The van der Waals surface area contributed by atoms with E-state index in [2.05, 4.69) is 15.5 Å². The van der Waals surface area contributed by atoms with Gasteiger partial charge >= 0.3 is 0 Å². The minimum atomic E-state index is 0.659. The standard InChI is InChI=1S/C11H17N3S/c1-3-8(4-1)11-14-13-10(15-11)7-9-5-2-6-12-9/h8-9,12H,1-7H2. The minimum Gasteiger partial charge on any atom is -0.314 e. The molecule has 0 spiro atoms. The van der Waals surface area contributed by atoms with Crippen molar-refractivity contribution in [3.63, 3.8) is 0 Å². The molecule has 2 aliphatic rings. The zero-order valence-corrected chi connectivity index (χ0v) is 9.72. The van der Waals surface area contributed by atoms with E-state index in [0.29, 0.717) is 6.04 Å². The van der Waals surface area contributed by atoms with E-state index in [1.807, 2.05) is 11.3 Å². The highest BCUT2D eigenvalue weighted by atomic mass is 32.1. The first-order valence-electron chi connectivity index (χ1n) is 5.97. The van der Waals surface area contributed by atoms with E-state index in [1.54, 1.807) is 0 Å². The van der Waals surface area contributed by atoms with E-state index in [1.165, 1.54) is 48.7 Å². The maximum atomic E-state index is 4.32. The Morgan fingerprint density at radius 2 is 2.13 bits per heavy atom. The fraction of sp³-hybridized carbons (Fsp3) is 0.818. The van der Waals surface area contributed by atoms with Gasteiger partial charge in [-0.15, -0.1) is 21.5 Å². The summed E-state index contributed by atoms with van der Waals surface area (Å²) in [4.78, 5) is 0. The van der Waals surface area contributed by atoms with E-state index in [9.17, 15) is 0 Å². The van der Waals surface area contributed by atoms with Gasteiger partial charge in [0.25, 0.3) is 0 Å². The first kappa shape index (κ1) is 9.73. The van der Waals surface area contributed by atoms with Crippen LogP contribution in [-0.2, 0) is 6.42 Å². The lowest BCUT2D eigenvalue weighted by Gasteiger charge is -2.21. The maximum Gasteiger partial charge on any atom is 0.120 e. The molecule has 82 valence electrons. The summed E-state index contributed by atoms with van der Waals surface area (Å²) in [7, 11) is 0. The molecule has 3 nitrogen and oxygen atoms in total. The molecule has 0 bridgehead atoms. The van der Waals surface area contributed by atoms with Gasteiger partial charge in [-0.2, -0.15) is 0 Å². The summed E-state index contributed by atoms with van der Waals surface area (Å²) < 4.78 is 0. The molecule has 0 aromatic carbocycles. The van der Waals surface area contributed by atoms with Gasteiger partial charge in [0, 0.05) is 18.4 Å². The molecule has 0 amide bonds. The quantitative estimate of drug-likeness (QED) is 0.852. The monoisotopic (exact) mass is 223 g/mol. The van der Waals surface area contributed by atoms with Gasteiger partial charge in [-0.25, -0.2) is 0 Å². The van der Waals surface area contributed by atoms with Crippen molar-refractivity contribution in [1.82, 2.24) is 15.5 Å². The second-order valence-electron chi connectivity index (χ2n) is 4.66. The number of nitrogens with zero attached hydrogens (tertiary/aromatic N) is 2. The zero-order chi connectivity index (χ0) is 10.1. The Morgan fingerprint density at radius 3 is 2.80 bits per heavy atom. The molecule has 1 unspecified atom stereocenters. The number of aromatic nitrogens is 2. The highest BCUT2D eigenvalue weighted by molar-refractivity contribution is 7.11. The van der Waals surface area contributed by atoms with Gasteiger partial charge < -0.3 is 5.32 Å². The van der Waals surface area contributed by atoms with Gasteiger partial charge in [-0.05, 0) is 32.2 Å². The van der Waals surface area contributed by atoms with Crippen molar-refractivity contribution in [2.75, 3.05) is 6.54 Å². The minimum absolute atomic E-state index is 0.659. The summed E-state index contributed by atoms with van der Waals surface area (Å²) >= 11 is 1.84. The highest BCUT2D eigenvalue weighted by Crippen LogP contribution is 2.37. The topological polar surface area (TPSA) is 37.8 Å². The predicted molar refractivity (Wildman–Crippen MR) is 61.2 cm³/mol. The molecular weight excluding hydrogens is 206 g/mol. The molecule has 1 saturated heterocycles. The van der Waals surface area contributed by atoms with Crippen molar-refractivity contribution in [3.8, 4) is 0 Å². The molecule has 3 rings (SSSR count). The average molecular weight is 223 g/mol. The van der Waals surface area contributed by atoms with E-state index in [-0.39, 0.29) is 0 Å². The lowest BCUT2D eigenvalue weighted by Crippen LogP contribution is -2.23. The first-order valence-corrected chi connectivity index (χ1v) is 6.79. The van der Waals surface area contributed by atoms with E-state index in [4.69, 9.17) is 0 Å². The summed E-state index contributed by atoms with van der Waals surface area (Å²) in [5.74, 6) is 0.743. The lowest BCUT2D eigenvalue weighted by molar-refractivity contribution is 0.416. The van der Waals surface area contributed by atoms with Crippen LogP contribution >= 0.6 is 11.3 Å². The van der Waals surface area contributed by atoms with Crippen molar-refractivity contribution in [2.45, 2.75) is 50.5 Å². The van der Waals surface area contributed by atoms with Crippen LogP contribution in [0.2, 0.25) is 0 Å². The molecule has 0 radical (unpaired) electrons. The van der Waals surface area contributed by atoms with Crippen molar-refractivity contribution in [2.24, 2.45) is 0 Å². The molecule has 1 aromatic rings. The molecule has 1 atom stereocenters. The third kappa shape index (κ3) is 2.06. The number of nitrogens with one attached hydrogen (secondary N) is 1. The van der Waals surface area contributed by atoms with Crippen LogP contribution in [0.4, 0.5) is 0 Å². The number of rotatable bonds is 3. The molecular formula is C11H17N3S. The second kappa shape index (κ2) is 4.18. The SMILES string of the molecule is C1CNC(Cc2nnc(C3CCC3)s2)C1. The van der Waals surface area contributed by atoms with Crippen LogP contribution in [0.25, 0.3) is 0 Å². The predicted octanol–water partition coefficient (Wildman–Crippen LogP) is 2.10. The van der Waals surface area contributed by atoms with Crippen LogP contribution in [-0.4, -0.2) is 22.8 Å². The van der Waals surface area contributed by atoms with Gasteiger partial charge in [0.15, 0.2) is 0 Å². The van der Waals surface area contributed by atoms with Crippen molar-refractivity contribution >= 4 is 11.3 Å². The molecule has 2 fully saturated rings. The third-order valence-corrected chi connectivity index (χ3v) is 4.63. The zero-order valence-electron chi connectivity index (χ0n) is 8.91. The molecule has 1 N–H and O–H groups in total. The highest BCUT2D eigenvalue weighted by Gasteiger charge is 2.24. The van der Waals surface area contributed by atoms with E-state index < -0.39 is 0 Å². The smallest absolute Gasteiger partial charge is 0.120 e. The largest absolute Gasteiger partial charge is 0.314 e. The fourth-order valence-corrected chi connectivity index (χ4v) is 3.40. The van der Waals surface area contributed by atoms with E-state index >= 15 is 0 Å². The molecule has 15 heavy (non-hydrogen) atoms. The van der Waals surface area contributed by atoms with Crippen LogP contribution in [0.1, 0.15) is 48.0 Å². The third-order valence-electron chi connectivity index (χ3n) is 3.52. The summed E-state index contributed by atoms with van der Waals surface area (Å²) in [5.41, 5.74) is 0. The maximum absolute atomic E-state index is 4.32. The van der Waals surface area contributed by atoms with Crippen LogP contribution in [0.5, 0.6) is 0 Å². The summed E-state index contributed by atoms with van der Waals surface area (Å²) in [5, 5.41) is 14.7. The Balaban J connectivity index is 1.62. The van der Waals surface area contributed by atoms with Crippen LogP contribution in [0, 0.1) is 0 Å². The second-order valence-corrected chi connectivity index (χ2v) is 5.75. The van der Waals surface area contributed by atoms with Gasteiger partial charge in [-0.3, -0.25) is 0 Å². The van der Waals surface area contributed by atoms with Gasteiger partial charge in [0.2, 0.25) is 0 Å². The number of hydrogen-bond acceptors (Lipinski definition) is 4. The first-order chi connectivity index (χ1) is 7.42. The van der Waals surface area contributed by atoms with Crippen LogP contribution < -0.4 is 5.32 Å². The Bertz CT molecular complexity index is 326. The van der Waals surface area contributed by atoms with Crippen molar-refractivity contribution in [3.05, 3.63) is 10.0 Å². The average Bonchev–Trinajstić information content (AvgIpc) is 2.75. The molecule has 1 aliphatic heterocycles. The normalized spacial score (nSPS) is 26.8. The molecule has 1 saturated carbocycles. The van der Waals surface area contributed by atoms with E-state index in [0.717, 1.165) is 12.3 Å². The summed E-state index contributed by atoms with van der Waals surface area (Å²) in [6, 6.07) is 0.659. The summed E-state index contributed by atoms with van der Waals surface area (Å²) in [6.45, 7) is 1.18. The van der Waals surface area contributed by atoms with Gasteiger partial charge in [-0.1, -0.05) is 6.42 Å². The van der Waals surface area contributed by atoms with Gasteiger partial charge in [0.05, 0.1) is 0 Å². The van der Waals surface area contributed by atoms with Gasteiger partial charge in [0.1, 0.15) is 10.0 Å². The van der Waals surface area contributed by atoms with Crippen LogP contribution in [0.15, 0.2) is 0 Å². The summed E-state index contributed by atoms with van der Waals surface area (Å²) in [6.07, 6.45) is 7.75. The number of hydrogen-bond donors (Lipinski definition) is 1. The Hall–Kier alpha value is -0.480. The molecule has 1 aliphatic carbocycles. The van der Waals surface area contributed by atoms with Crippen molar-refractivity contribution in [1.29, 1.82) is 0 Å². The Labute approximate surface area is 94.3 Å².